The summed E-state index contributed by atoms with van der Waals surface area (Å²) in [4.78, 5) is 0. The maximum atomic E-state index is 2.76. The Labute approximate surface area is 261 Å². The standard InChI is InChI=1S/2C18H17.C2H4.2ClH.Hf/c2*1-2-6-13(5-1)16-11-15-10-9-14-7-3-4-8-17(14)18(15)12-16;1-2;;;/h2*3-4,7-13H,1-2,5-6H2;1-2H2;2*1H;/q;;;;;+2/p-2. The first-order valence-corrected chi connectivity index (χ1v) is 25.0. The predicted molar refractivity (Wildman–Crippen MR) is 163 cm³/mol. The Morgan fingerprint density at radius 1 is 0.488 bits per heavy atom. The van der Waals surface area contributed by atoms with Crippen LogP contribution in [0.2, 0.25) is 8.35 Å². The third-order valence-corrected chi connectivity index (χ3v) is 30.4. The van der Waals surface area contributed by atoms with Crippen LogP contribution in [0.1, 0.15) is 81.0 Å². The SMILES string of the molecule is C1=C(C2CCCC2)[CH]([Hf+2]2([CH]3C(C4CCCC4)=Cc4c3ccc3ccccc43)[CH2][CH2]2)c2ccc3ccccc3c21.[Cl-].[Cl-]. The molecule has 0 amide bonds. The molecule has 0 bridgehead atoms. The van der Waals surface area contributed by atoms with Crippen LogP contribution >= 0.6 is 0 Å². The molecular weight excluding hydrogens is 706 g/mol. The maximum absolute atomic E-state index is 2.86. The van der Waals surface area contributed by atoms with Gasteiger partial charge in [-0.25, -0.2) is 0 Å². The van der Waals surface area contributed by atoms with Gasteiger partial charge in [-0.2, -0.15) is 0 Å². The van der Waals surface area contributed by atoms with E-state index >= 15 is 0 Å². The molecule has 1 aliphatic heterocycles. The van der Waals surface area contributed by atoms with Crippen LogP contribution in [-0.4, -0.2) is 0 Å². The van der Waals surface area contributed by atoms with Crippen LogP contribution in [0.15, 0.2) is 83.9 Å². The summed E-state index contributed by atoms with van der Waals surface area (Å²) in [7, 11) is 0. The zero-order valence-electron chi connectivity index (χ0n) is 23.7. The van der Waals surface area contributed by atoms with E-state index in [1.807, 2.05) is 11.1 Å². The summed E-state index contributed by atoms with van der Waals surface area (Å²) < 4.78 is 4.78. The fourth-order valence-electron chi connectivity index (χ4n) is 9.71. The molecule has 9 rings (SSSR count). The molecule has 4 aromatic carbocycles. The number of halogens is 2. The Bertz CT molecular complexity index is 1580. The molecule has 208 valence electrons. The molecule has 3 fully saturated rings. The van der Waals surface area contributed by atoms with Crippen molar-refractivity contribution in [1.29, 1.82) is 0 Å². The molecule has 0 radical (unpaired) electrons. The zero-order chi connectivity index (χ0) is 25.6. The molecule has 0 N–H and O–H groups in total. The van der Waals surface area contributed by atoms with Crippen molar-refractivity contribution >= 4 is 33.7 Å². The third-order valence-electron chi connectivity index (χ3n) is 11.5. The quantitative estimate of drug-likeness (QED) is 0.260. The minimum absolute atomic E-state index is 0. The molecule has 0 aromatic heterocycles. The Morgan fingerprint density at radius 3 is 1.32 bits per heavy atom. The molecule has 2 saturated carbocycles. The van der Waals surface area contributed by atoms with E-state index in [1.165, 1.54) is 72.9 Å². The predicted octanol–water partition coefficient (Wildman–Crippen LogP) is 4.96. The Hall–Kier alpha value is -1.67. The number of fused-ring (bicyclic) bond motifs is 6. The largest absolute Gasteiger partial charge is 1.00 e. The minimum atomic E-state index is -2.86. The Morgan fingerprint density at radius 2 is 0.902 bits per heavy atom. The van der Waals surface area contributed by atoms with Crippen LogP contribution in [0.5, 0.6) is 0 Å². The van der Waals surface area contributed by atoms with Crippen molar-refractivity contribution < 1.29 is 44.8 Å². The van der Waals surface area contributed by atoms with E-state index in [-0.39, 0.29) is 24.8 Å². The minimum Gasteiger partial charge on any atom is -1.00 e. The van der Waals surface area contributed by atoms with Gasteiger partial charge in [-0.15, -0.1) is 0 Å². The third kappa shape index (κ3) is 4.23. The van der Waals surface area contributed by atoms with Gasteiger partial charge in [0.2, 0.25) is 0 Å². The van der Waals surface area contributed by atoms with Gasteiger partial charge in [0.05, 0.1) is 0 Å². The van der Waals surface area contributed by atoms with E-state index in [0.29, 0.717) is 0 Å². The first-order chi connectivity index (χ1) is 19.3. The molecule has 41 heavy (non-hydrogen) atoms. The molecule has 4 aromatic rings. The normalized spacial score (nSPS) is 23.7. The number of allylic oxidation sites excluding steroid dienone is 2. The summed E-state index contributed by atoms with van der Waals surface area (Å²) in [5, 5.41) is 5.84. The first kappa shape index (κ1) is 28.1. The van der Waals surface area contributed by atoms with Crippen molar-refractivity contribution in [3.05, 3.63) is 106 Å². The van der Waals surface area contributed by atoms with Gasteiger partial charge in [-0.05, 0) is 0 Å². The van der Waals surface area contributed by atoms with E-state index in [1.54, 1.807) is 30.6 Å². The number of hydrogen-bond donors (Lipinski definition) is 0. The van der Waals surface area contributed by atoms with Crippen LogP contribution < -0.4 is 24.8 Å². The summed E-state index contributed by atoms with van der Waals surface area (Å²) in [5.41, 5.74) is 10.5. The van der Waals surface area contributed by atoms with Gasteiger partial charge in [0.1, 0.15) is 0 Å². The second-order valence-electron chi connectivity index (χ2n) is 13.4. The summed E-state index contributed by atoms with van der Waals surface area (Å²) >= 11 is -2.86. The fraction of sp³-hybridized carbons (Fsp3) is 0.368. The molecule has 4 aliphatic carbocycles. The molecule has 1 saturated heterocycles. The Kier molecular flexibility index (Phi) is 7.41. The molecule has 1 heterocycles. The van der Waals surface area contributed by atoms with E-state index in [9.17, 15) is 0 Å². The topological polar surface area (TPSA) is 0 Å². The second kappa shape index (κ2) is 10.8. The van der Waals surface area contributed by atoms with Gasteiger partial charge in [0.25, 0.3) is 0 Å². The molecule has 2 atom stereocenters. The average Bonchev–Trinajstić information content (AvgIpc) is 3.51. The first-order valence-electron chi connectivity index (χ1n) is 15.8. The van der Waals surface area contributed by atoms with Gasteiger partial charge in [0, 0.05) is 0 Å². The number of rotatable bonds is 4. The van der Waals surface area contributed by atoms with Crippen molar-refractivity contribution in [2.75, 3.05) is 0 Å². The maximum Gasteiger partial charge on any atom is -1.00 e. The van der Waals surface area contributed by atoms with Crippen molar-refractivity contribution in [2.24, 2.45) is 11.8 Å². The van der Waals surface area contributed by atoms with Crippen LogP contribution in [0.3, 0.4) is 0 Å². The van der Waals surface area contributed by atoms with Crippen molar-refractivity contribution in [1.82, 2.24) is 0 Å². The average molecular weight is 744 g/mol. The van der Waals surface area contributed by atoms with Gasteiger partial charge >= 0.3 is 239 Å². The second-order valence-corrected chi connectivity index (χ2v) is 30.0. The van der Waals surface area contributed by atoms with Crippen molar-refractivity contribution in [3.8, 4) is 0 Å². The summed E-state index contributed by atoms with van der Waals surface area (Å²) in [6, 6.07) is 28.5. The van der Waals surface area contributed by atoms with E-state index in [4.69, 9.17) is 0 Å². The van der Waals surface area contributed by atoms with Gasteiger partial charge in [0.15, 0.2) is 0 Å². The number of hydrogen-bond acceptors (Lipinski definition) is 0. The van der Waals surface area contributed by atoms with Crippen LogP contribution in [-0.2, 0) is 20.0 Å². The fourth-order valence-corrected chi connectivity index (χ4v) is 37.9. The summed E-state index contributed by atoms with van der Waals surface area (Å²) in [6.07, 6.45) is 16.9. The molecule has 3 heteroatoms. The molecule has 2 unspecified atom stereocenters. The van der Waals surface area contributed by atoms with Crippen LogP contribution in [0.4, 0.5) is 0 Å². The molecular formula is C38H38Cl2Hf. The zero-order valence-corrected chi connectivity index (χ0v) is 28.8. The van der Waals surface area contributed by atoms with Gasteiger partial charge < -0.3 is 24.8 Å². The van der Waals surface area contributed by atoms with Crippen molar-refractivity contribution in [2.45, 2.75) is 67.1 Å². The van der Waals surface area contributed by atoms with Gasteiger partial charge in [-0.1, -0.05) is 0 Å². The van der Waals surface area contributed by atoms with Crippen LogP contribution in [0.25, 0.3) is 33.7 Å². The number of benzene rings is 4. The van der Waals surface area contributed by atoms with E-state index < -0.39 is 20.0 Å². The molecule has 5 aliphatic rings. The summed E-state index contributed by atoms with van der Waals surface area (Å²) in [6.45, 7) is 0. The van der Waals surface area contributed by atoms with Crippen molar-refractivity contribution in [3.63, 3.8) is 0 Å². The van der Waals surface area contributed by atoms with E-state index in [0.717, 1.165) is 19.2 Å². The monoisotopic (exact) mass is 744 g/mol. The smallest absolute Gasteiger partial charge is 1.00 e. The van der Waals surface area contributed by atoms with E-state index in [2.05, 4.69) is 84.9 Å². The summed E-state index contributed by atoms with van der Waals surface area (Å²) in [5.74, 6) is 1.66. The molecule has 0 spiro atoms. The van der Waals surface area contributed by atoms with Crippen LogP contribution in [0, 0.1) is 11.8 Å². The van der Waals surface area contributed by atoms with Gasteiger partial charge in [-0.3, -0.25) is 0 Å². The Balaban J connectivity index is 0.00000138. The molecule has 0 nitrogen and oxygen atoms in total.